The van der Waals surface area contributed by atoms with Crippen molar-refractivity contribution in [3.63, 3.8) is 0 Å². The van der Waals surface area contributed by atoms with E-state index in [0.29, 0.717) is 0 Å². The first-order chi connectivity index (χ1) is 12.7. The van der Waals surface area contributed by atoms with Gasteiger partial charge in [0.25, 0.3) is 5.91 Å². The highest BCUT2D eigenvalue weighted by Gasteiger charge is 2.15. The predicted octanol–water partition coefficient (Wildman–Crippen LogP) is 6.10. The van der Waals surface area contributed by atoms with Crippen LogP contribution in [-0.4, -0.2) is 10.9 Å². The second-order valence-electron chi connectivity index (χ2n) is 5.90. The fourth-order valence-electron chi connectivity index (χ4n) is 2.70. The fraction of sp³-hybridized carbons (Fsp3) is 0.0476. The molecule has 26 heavy (non-hydrogen) atoms. The van der Waals surface area contributed by atoms with Crippen molar-refractivity contribution in [1.82, 2.24) is 4.98 Å². The van der Waals surface area contributed by atoms with E-state index in [1.54, 1.807) is 17.5 Å². The lowest BCUT2D eigenvalue weighted by Gasteiger charge is -2.07. The molecule has 2 heterocycles. The smallest absolute Gasteiger partial charge is 0.266 e. The molecule has 1 amide bonds. The van der Waals surface area contributed by atoms with Crippen LogP contribution in [0.2, 0.25) is 0 Å². The third-order valence-corrected chi connectivity index (χ3v) is 5.79. The van der Waals surface area contributed by atoms with Crippen LogP contribution in [0.3, 0.4) is 0 Å². The number of aromatic nitrogens is 1. The van der Waals surface area contributed by atoms with E-state index in [-0.39, 0.29) is 5.91 Å². The van der Waals surface area contributed by atoms with Gasteiger partial charge < -0.3 is 5.32 Å². The van der Waals surface area contributed by atoms with E-state index in [9.17, 15) is 4.79 Å². The third kappa shape index (κ3) is 3.45. The minimum atomic E-state index is -0.0856. The quantitative estimate of drug-likeness (QED) is 0.467. The minimum Gasteiger partial charge on any atom is -0.321 e. The molecule has 0 aliphatic heterocycles. The van der Waals surface area contributed by atoms with E-state index in [2.05, 4.69) is 41.5 Å². The first kappa shape index (κ1) is 16.7. The zero-order valence-electron chi connectivity index (χ0n) is 14.1. The lowest BCUT2D eigenvalue weighted by Crippen LogP contribution is -2.11. The van der Waals surface area contributed by atoms with Crippen LogP contribution in [0.4, 0.5) is 5.69 Å². The molecule has 0 fully saturated rings. The Morgan fingerprint density at radius 1 is 0.885 bits per heavy atom. The zero-order chi connectivity index (χ0) is 17.9. The summed E-state index contributed by atoms with van der Waals surface area (Å²) in [7, 11) is 0. The van der Waals surface area contributed by atoms with Gasteiger partial charge in [0.15, 0.2) is 0 Å². The summed E-state index contributed by atoms with van der Waals surface area (Å²) in [5, 5.41) is 7.87. The van der Waals surface area contributed by atoms with Crippen LogP contribution in [-0.2, 0) is 0 Å². The molecule has 2 aromatic carbocycles. The number of rotatable bonds is 4. The van der Waals surface area contributed by atoms with Crippen LogP contribution in [0.25, 0.3) is 21.7 Å². The van der Waals surface area contributed by atoms with Crippen LogP contribution in [0.1, 0.15) is 15.2 Å². The minimum absolute atomic E-state index is 0.0856. The maximum Gasteiger partial charge on any atom is 0.266 e. The highest BCUT2D eigenvalue weighted by molar-refractivity contribution is 7.13. The first-order valence-electron chi connectivity index (χ1n) is 8.16. The van der Waals surface area contributed by atoms with Gasteiger partial charge in [0, 0.05) is 28.4 Å². The van der Waals surface area contributed by atoms with Crippen molar-refractivity contribution in [2.45, 2.75) is 6.92 Å². The molecular formula is C21H16N2OS2. The molecule has 4 rings (SSSR count). The van der Waals surface area contributed by atoms with E-state index in [1.807, 2.05) is 41.1 Å². The molecule has 0 bridgehead atoms. The normalized spacial score (nSPS) is 10.7. The maximum atomic E-state index is 12.7. The van der Waals surface area contributed by atoms with Crippen molar-refractivity contribution >= 4 is 34.3 Å². The zero-order valence-corrected chi connectivity index (χ0v) is 15.7. The molecular weight excluding hydrogens is 360 g/mol. The van der Waals surface area contributed by atoms with Crippen LogP contribution in [0.15, 0.2) is 71.6 Å². The summed E-state index contributed by atoms with van der Waals surface area (Å²) in [5.41, 5.74) is 5.05. The highest BCUT2D eigenvalue weighted by atomic mass is 32.1. The van der Waals surface area contributed by atoms with Gasteiger partial charge in [-0.15, -0.1) is 22.7 Å². The fourth-order valence-corrected chi connectivity index (χ4v) is 4.15. The van der Waals surface area contributed by atoms with Gasteiger partial charge in [-0.3, -0.25) is 4.79 Å². The van der Waals surface area contributed by atoms with E-state index >= 15 is 0 Å². The monoisotopic (exact) mass is 376 g/mol. The SMILES string of the molecule is Cc1ccc(-c2ccsc2C(=O)Nc2ccc(-c3nccs3)cc2)cc1. The summed E-state index contributed by atoms with van der Waals surface area (Å²) < 4.78 is 0. The van der Waals surface area contributed by atoms with E-state index in [4.69, 9.17) is 0 Å². The first-order valence-corrected chi connectivity index (χ1v) is 9.92. The van der Waals surface area contributed by atoms with Gasteiger partial charge in [-0.1, -0.05) is 29.8 Å². The second kappa shape index (κ2) is 7.23. The van der Waals surface area contributed by atoms with Gasteiger partial charge >= 0.3 is 0 Å². The largest absolute Gasteiger partial charge is 0.321 e. The van der Waals surface area contributed by atoms with Crippen molar-refractivity contribution in [3.8, 4) is 21.7 Å². The molecule has 3 nitrogen and oxygen atoms in total. The highest BCUT2D eigenvalue weighted by Crippen LogP contribution is 2.30. The van der Waals surface area contributed by atoms with Gasteiger partial charge in [0.2, 0.25) is 0 Å². The van der Waals surface area contributed by atoms with Gasteiger partial charge in [0.1, 0.15) is 5.01 Å². The third-order valence-electron chi connectivity index (χ3n) is 4.06. The Balaban J connectivity index is 1.54. The average Bonchev–Trinajstić information content (AvgIpc) is 3.35. The van der Waals surface area contributed by atoms with Gasteiger partial charge in [-0.25, -0.2) is 4.98 Å². The number of aryl methyl sites for hydroxylation is 1. The standard InChI is InChI=1S/C21H16N2OS2/c1-14-2-4-15(5-3-14)18-10-12-25-19(18)20(24)23-17-8-6-16(7-9-17)21-22-11-13-26-21/h2-13H,1H3,(H,23,24). The van der Waals surface area contributed by atoms with Crippen LogP contribution < -0.4 is 5.32 Å². The number of thiazole rings is 1. The van der Waals surface area contributed by atoms with Crippen molar-refractivity contribution < 1.29 is 4.79 Å². The number of nitrogens with zero attached hydrogens (tertiary/aromatic N) is 1. The van der Waals surface area contributed by atoms with Crippen LogP contribution in [0, 0.1) is 6.92 Å². The molecule has 0 spiro atoms. The van der Waals surface area contributed by atoms with Gasteiger partial charge in [0.05, 0.1) is 4.88 Å². The average molecular weight is 377 g/mol. The van der Waals surface area contributed by atoms with E-state index in [0.717, 1.165) is 32.3 Å². The van der Waals surface area contributed by atoms with Crippen molar-refractivity contribution in [2.24, 2.45) is 0 Å². The van der Waals surface area contributed by atoms with E-state index in [1.165, 1.54) is 16.9 Å². The lowest BCUT2D eigenvalue weighted by molar-refractivity contribution is 0.103. The number of benzene rings is 2. The van der Waals surface area contributed by atoms with Crippen LogP contribution >= 0.6 is 22.7 Å². The predicted molar refractivity (Wildman–Crippen MR) is 110 cm³/mol. The summed E-state index contributed by atoms with van der Waals surface area (Å²) in [6.07, 6.45) is 1.79. The van der Waals surface area contributed by atoms with Gasteiger partial charge in [-0.2, -0.15) is 0 Å². The summed E-state index contributed by atoms with van der Waals surface area (Å²) in [4.78, 5) is 17.8. The maximum absolute atomic E-state index is 12.7. The van der Waals surface area contributed by atoms with E-state index < -0.39 is 0 Å². The molecule has 4 aromatic rings. The summed E-state index contributed by atoms with van der Waals surface area (Å²) in [5.74, 6) is -0.0856. The molecule has 0 saturated heterocycles. The molecule has 0 saturated carbocycles. The molecule has 1 N–H and O–H groups in total. The Hall–Kier alpha value is -2.76. The topological polar surface area (TPSA) is 42.0 Å². The molecule has 0 aliphatic carbocycles. The van der Waals surface area contributed by atoms with Gasteiger partial charge in [-0.05, 0) is 48.2 Å². The number of nitrogens with one attached hydrogen (secondary N) is 1. The Kier molecular flexibility index (Phi) is 4.65. The molecule has 0 atom stereocenters. The Labute approximate surface area is 160 Å². The summed E-state index contributed by atoms with van der Waals surface area (Å²) >= 11 is 3.05. The number of thiophene rings is 1. The van der Waals surface area contributed by atoms with Crippen molar-refractivity contribution in [3.05, 3.63) is 82.0 Å². The van der Waals surface area contributed by atoms with Crippen LogP contribution in [0.5, 0.6) is 0 Å². The van der Waals surface area contributed by atoms with Crippen molar-refractivity contribution in [2.75, 3.05) is 5.32 Å². The molecule has 2 aromatic heterocycles. The number of hydrogen-bond donors (Lipinski definition) is 1. The number of amides is 1. The molecule has 0 radical (unpaired) electrons. The Morgan fingerprint density at radius 3 is 2.31 bits per heavy atom. The molecule has 0 aliphatic rings. The molecule has 0 unspecified atom stereocenters. The molecule has 128 valence electrons. The van der Waals surface area contributed by atoms with Crippen molar-refractivity contribution in [1.29, 1.82) is 0 Å². The number of carbonyl (C=O) groups excluding carboxylic acids is 1. The number of carbonyl (C=O) groups is 1. The molecule has 5 heteroatoms. The number of hydrogen-bond acceptors (Lipinski definition) is 4. The Morgan fingerprint density at radius 2 is 1.62 bits per heavy atom. The lowest BCUT2D eigenvalue weighted by atomic mass is 10.0. The second-order valence-corrected chi connectivity index (χ2v) is 7.71. The summed E-state index contributed by atoms with van der Waals surface area (Å²) in [6.45, 7) is 2.06. The Bertz CT molecular complexity index is 1020. The number of anilines is 1. The summed E-state index contributed by atoms with van der Waals surface area (Å²) in [6, 6.07) is 18.0.